The average molecular weight is 531 g/mol. The summed E-state index contributed by atoms with van der Waals surface area (Å²) in [5.74, 6) is -3.53. The van der Waals surface area contributed by atoms with Crippen LogP contribution in [0.1, 0.15) is 29.6 Å². The van der Waals surface area contributed by atoms with Gasteiger partial charge in [-0.25, -0.2) is 13.2 Å². The zero-order chi connectivity index (χ0) is 21.5. The van der Waals surface area contributed by atoms with Crippen molar-refractivity contribution in [3.05, 3.63) is 59.4 Å². The van der Waals surface area contributed by atoms with Gasteiger partial charge >= 0.3 is 0 Å². The first kappa shape index (κ1) is 21.4. The zero-order valence-electron chi connectivity index (χ0n) is 16.0. The summed E-state index contributed by atoms with van der Waals surface area (Å²) in [6.45, 7) is 1.02. The minimum absolute atomic E-state index is 0.00294. The lowest BCUT2D eigenvalue weighted by molar-refractivity contribution is -0.108. The largest absolute Gasteiger partial charge is 0.385 e. The van der Waals surface area contributed by atoms with Gasteiger partial charge in [0.25, 0.3) is 5.91 Å². The molecule has 2 aliphatic rings. The summed E-state index contributed by atoms with van der Waals surface area (Å²) >= 11 is 1.65. The Bertz CT molecular complexity index is 963. The van der Waals surface area contributed by atoms with Crippen LogP contribution >= 0.6 is 22.9 Å². The number of nitrogens with zero attached hydrogens (tertiary/aromatic N) is 2. The lowest BCUT2D eigenvalue weighted by Crippen LogP contribution is -2.72. The molecular weight excluding hydrogens is 510 g/mol. The molecule has 9 heteroatoms. The maximum Gasteiger partial charge on any atom is 0.256 e. The van der Waals surface area contributed by atoms with Crippen LogP contribution in [0.3, 0.4) is 0 Å². The third kappa shape index (κ3) is 3.78. The third-order valence-electron chi connectivity index (χ3n) is 5.74. The van der Waals surface area contributed by atoms with Crippen molar-refractivity contribution < 1.29 is 23.1 Å². The number of carbonyl (C=O) groups excluding carboxylic acids is 1. The van der Waals surface area contributed by atoms with E-state index in [1.54, 1.807) is 28.9 Å². The molecule has 0 aromatic heterocycles. The van der Waals surface area contributed by atoms with E-state index in [0.717, 1.165) is 35.0 Å². The van der Waals surface area contributed by atoms with Gasteiger partial charge in [0.05, 0.1) is 47.2 Å². The van der Waals surface area contributed by atoms with Crippen LogP contribution in [0.4, 0.5) is 24.5 Å². The lowest BCUT2D eigenvalue weighted by atomic mass is 9.81. The molecule has 0 aliphatic carbocycles. The molecule has 1 atom stereocenters. The minimum Gasteiger partial charge on any atom is -0.385 e. The normalized spacial score (nSPS) is 20.6. The molecule has 0 bridgehead atoms. The van der Waals surface area contributed by atoms with Crippen LogP contribution in [-0.2, 0) is 0 Å². The number of hydrogen-bond acceptors (Lipinski definition) is 4. The maximum absolute atomic E-state index is 14.7. The molecule has 0 unspecified atom stereocenters. The topological polar surface area (TPSA) is 55.8 Å². The van der Waals surface area contributed by atoms with E-state index in [0.29, 0.717) is 0 Å². The van der Waals surface area contributed by atoms with Gasteiger partial charge in [0.2, 0.25) is 0 Å². The Kier molecular flexibility index (Phi) is 5.95. The van der Waals surface area contributed by atoms with Crippen LogP contribution in [0.2, 0.25) is 0 Å². The highest BCUT2D eigenvalue weighted by molar-refractivity contribution is 14.1. The van der Waals surface area contributed by atoms with E-state index in [9.17, 15) is 23.1 Å². The molecule has 30 heavy (non-hydrogen) atoms. The minimum atomic E-state index is -1.23. The second kappa shape index (κ2) is 8.35. The zero-order valence-corrected chi connectivity index (χ0v) is 18.2. The first-order valence-electron chi connectivity index (χ1n) is 9.75. The molecule has 1 amide bonds. The summed E-state index contributed by atoms with van der Waals surface area (Å²) in [4.78, 5) is 14.5. The van der Waals surface area contributed by atoms with E-state index in [1.807, 2.05) is 0 Å². The van der Waals surface area contributed by atoms with E-state index in [4.69, 9.17) is 0 Å². The Balaban J connectivity index is 1.61. The summed E-state index contributed by atoms with van der Waals surface area (Å²) in [7, 11) is 0. The maximum atomic E-state index is 14.7. The fourth-order valence-electron chi connectivity index (χ4n) is 4.10. The van der Waals surface area contributed by atoms with Gasteiger partial charge in [-0.2, -0.15) is 0 Å². The number of benzene rings is 2. The predicted molar refractivity (Wildman–Crippen MR) is 115 cm³/mol. The Morgan fingerprint density at radius 2 is 1.87 bits per heavy atom. The molecule has 4 rings (SSSR count). The smallest absolute Gasteiger partial charge is 0.256 e. The molecule has 0 saturated carbocycles. The van der Waals surface area contributed by atoms with E-state index in [2.05, 4.69) is 5.32 Å². The summed E-state index contributed by atoms with van der Waals surface area (Å²) < 4.78 is 44.1. The molecule has 2 heterocycles. The van der Waals surface area contributed by atoms with Gasteiger partial charge in [-0.15, -0.1) is 0 Å². The van der Waals surface area contributed by atoms with E-state index < -0.39 is 29.0 Å². The molecule has 2 aromatic rings. The van der Waals surface area contributed by atoms with Crippen molar-refractivity contribution in [2.45, 2.75) is 30.9 Å². The van der Waals surface area contributed by atoms with Crippen molar-refractivity contribution in [3.63, 3.8) is 0 Å². The Labute approximate surface area is 186 Å². The van der Waals surface area contributed by atoms with Gasteiger partial charge in [0.15, 0.2) is 11.6 Å². The highest BCUT2D eigenvalue weighted by atomic mass is 127. The van der Waals surface area contributed by atoms with Gasteiger partial charge < -0.3 is 15.3 Å². The van der Waals surface area contributed by atoms with Crippen LogP contribution in [0.15, 0.2) is 36.4 Å². The standard InChI is InChI=1S/C21H21F3IN3O2/c22-14-5-1-2-6-16(14)28(25)19-13(8-9-15(23)18(19)24)20(29)27-11-21(30,12-27)17-7-3-4-10-26-17/h1-2,5-6,8-9,17,26,30H,3-4,7,10-12H2/t17-/m0/s1. The number of piperidine rings is 1. The number of anilines is 2. The lowest BCUT2D eigenvalue weighted by Gasteiger charge is -2.51. The molecular formula is C21H21F3IN3O2. The van der Waals surface area contributed by atoms with Crippen molar-refractivity contribution in [2.75, 3.05) is 22.7 Å². The number of para-hydroxylation sites is 1. The summed E-state index contributed by atoms with van der Waals surface area (Å²) in [5.41, 5.74) is -1.48. The van der Waals surface area contributed by atoms with Crippen LogP contribution in [0.25, 0.3) is 0 Å². The molecule has 2 aromatic carbocycles. The van der Waals surface area contributed by atoms with Gasteiger partial charge in [-0.1, -0.05) is 18.6 Å². The van der Waals surface area contributed by atoms with Crippen LogP contribution in [0.5, 0.6) is 0 Å². The molecule has 0 radical (unpaired) electrons. The monoisotopic (exact) mass is 531 g/mol. The average Bonchev–Trinajstić information content (AvgIpc) is 2.73. The van der Waals surface area contributed by atoms with Crippen molar-refractivity contribution in [3.8, 4) is 0 Å². The molecule has 2 saturated heterocycles. The first-order valence-corrected chi connectivity index (χ1v) is 10.7. The molecule has 160 valence electrons. The quantitative estimate of drug-likeness (QED) is 0.464. The van der Waals surface area contributed by atoms with Gasteiger partial charge in [-0.3, -0.25) is 7.91 Å². The number of amides is 1. The van der Waals surface area contributed by atoms with Crippen LogP contribution in [-0.4, -0.2) is 47.2 Å². The number of likely N-dealkylation sites (tertiary alicyclic amines) is 1. The van der Waals surface area contributed by atoms with E-state index in [-0.39, 0.29) is 36.1 Å². The Morgan fingerprint density at radius 1 is 1.13 bits per heavy atom. The molecule has 2 fully saturated rings. The molecule has 0 spiro atoms. The number of carbonyl (C=O) groups is 1. The van der Waals surface area contributed by atoms with Gasteiger partial charge in [0, 0.05) is 6.04 Å². The molecule has 5 nitrogen and oxygen atoms in total. The van der Waals surface area contributed by atoms with Crippen molar-refractivity contribution in [2.24, 2.45) is 0 Å². The molecule has 2 N–H and O–H groups in total. The van der Waals surface area contributed by atoms with Crippen molar-refractivity contribution in [1.82, 2.24) is 10.2 Å². The number of hydrogen-bond donors (Lipinski definition) is 2. The second-order valence-corrected chi connectivity index (χ2v) is 8.72. The molecule has 2 aliphatic heterocycles. The Morgan fingerprint density at radius 3 is 2.53 bits per heavy atom. The van der Waals surface area contributed by atoms with E-state index in [1.165, 1.54) is 29.2 Å². The van der Waals surface area contributed by atoms with E-state index >= 15 is 0 Å². The third-order valence-corrected chi connectivity index (χ3v) is 6.74. The Hall–Kier alpha value is -1.85. The number of halogens is 4. The number of nitrogens with one attached hydrogen (secondary N) is 1. The highest BCUT2D eigenvalue weighted by Crippen LogP contribution is 2.39. The highest BCUT2D eigenvalue weighted by Gasteiger charge is 2.50. The van der Waals surface area contributed by atoms with Crippen LogP contribution < -0.4 is 8.43 Å². The predicted octanol–water partition coefficient (Wildman–Crippen LogP) is 3.92. The van der Waals surface area contributed by atoms with Crippen molar-refractivity contribution >= 4 is 40.1 Å². The number of β-amino-alcohol motifs (C(OH)–C–C–N with tert-alkyl or cyclic N) is 1. The number of rotatable bonds is 4. The SMILES string of the molecule is O=C(c1ccc(F)c(F)c1N(I)c1ccccc1F)N1CC(O)([C@@H]2CCCCN2)C1. The number of aliphatic hydroxyl groups is 1. The fraction of sp³-hybridized carbons (Fsp3) is 0.381. The summed E-state index contributed by atoms with van der Waals surface area (Å²) in [5, 5.41) is 14.1. The van der Waals surface area contributed by atoms with Crippen molar-refractivity contribution in [1.29, 1.82) is 0 Å². The second-order valence-electron chi connectivity index (χ2n) is 7.76. The first-order chi connectivity index (χ1) is 14.3. The van der Waals surface area contributed by atoms with Gasteiger partial charge in [0.1, 0.15) is 17.1 Å². The summed E-state index contributed by atoms with van der Waals surface area (Å²) in [6, 6.07) is 7.64. The van der Waals surface area contributed by atoms with Crippen LogP contribution in [0, 0.1) is 17.5 Å². The van der Waals surface area contributed by atoms with Gasteiger partial charge in [-0.05, 0) is 43.7 Å². The summed E-state index contributed by atoms with van der Waals surface area (Å²) in [6.07, 6.45) is 2.88. The fourth-order valence-corrected chi connectivity index (χ4v) is 4.96.